The van der Waals surface area contributed by atoms with E-state index in [0.717, 1.165) is 5.69 Å². The highest BCUT2D eigenvalue weighted by atomic mass is 35.5. The van der Waals surface area contributed by atoms with Crippen LogP contribution in [0.2, 0.25) is 5.02 Å². The van der Waals surface area contributed by atoms with Gasteiger partial charge in [-0.15, -0.1) is 0 Å². The molecule has 2 rings (SSSR count). The molecule has 5 heteroatoms. The monoisotopic (exact) mass is 249 g/mol. The molecule has 0 radical (unpaired) electrons. The van der Waals surface area contributed by atoms with Crippen molar-refractivity contribution in [3.63, 3.8) is 0 Å². The van der Waals surface area contributed by atoms with E-state index in [1.54, 1.807) is 18.5 Å². The minimum atomic E-state index is -0.446. The second-order valence-electron chi connectivity index (χ2n) is 3.67. The van der Waals surface area contributed by atoms with E-state index in [1.165, 1.54) is 18.2 Å². The first-order valence-corrected chi connectivity index (χ1v) is 5.34. The first-order valence-electron chi connectivity index (χ1n) is 4.96. The van der Waals surface area contributed by atoms with Gasteiger partial charge in [-0.3, -0.25) is 0 Å². The lowest BCUT2D eigenvalue weighted by Crippen LogP contribution is -2.02. The number of aryl methyl sites for hydroxylation is 1. The minimum absolute atomic E-state index is 0.229. The van der Waals surface area contributed by atoms with E-state index in [1.807, 2.05) is 6.07 Å². The molecule has 1 heterocycles. The fourth-order valence-electron chi connectivity index (χ4n) is 1.64. The van der Waals surface area contributed by atoms with Gasteiger partial charge in [0.1, 0.15) is 11.9 Å². The summed E-state index contributed by atoms with van der Waals surface area (Å²) >= 11 is 6.03. The Morgan fingerprint density at radius 2 is 2.12 bits per heavy atom. The normalized spacial score (nSPS) is 10.3. The fourth-order valence-corrected chi connectivity index (χ4v) is 1.76. The topological polar surface area (TPSA) is 41.6 Å². The summed E-state index contributed by atoms with van der Waals surface area (Å²) in [5.74, 6) is -0.446. The van der Waals surface area contributed by atoms with Crippen molar-refractivity contribution >= 4 is 11.6 Å². The Bertz CT molecular complexity index is 625. The highest BCUT2D eigenvalue weighted by Gasteiger charge is 2.13. The number of rotatable bonds is 1. The van der Waals surface area contributed by atoms with Crippen LogP contribution in [0.15, 0.2) is 18.2 Å². The predicted molar refractivity (Wildman–Crippen MR) is 62.7 cm³/mol. The number of hydrogen-bond acceptors (Lipinski definition) is 2. The quantitative estimate of drug-likeness (QED) is 0.779. The molecule has 0 N–H and O–H groups in total. The Kier molecular flexibility index (Phi) is 2.86. The number of nitriles is 1. The van der Waals surface area contributed by atoms with Crippen molar-refractivity contribution in [2.75, 3.05) is 0 Å². The Morgan fingerprint density at radius 3 is 2.65 bits per heavy atom. The summed E-state index contributed by atoms with van der Waals surface area (Å²) < 4.78 is 14.6. The lowest BCUT2D eigenvalue weighted by Gasteiger charge is -2.06. The second-order valence-corrected chi connectivity index (χ2v) is 4.05. The summed E-state index contributed by atoms with van der Waals surface area (Å²) in [6, 6.07) is 5.94. The Balaban J connectivity index is 2.69. The van der Waals surface area contributed by atoms with Crippen LogP contribution in [0.1, 0.15) is 17.0 Å². The van der Waals surface area contributed by atoms with E-state index in [-0.39, 0.29) is 5.56 Å². The SMILES string of the molecule is Cc1nn(-c2ccc(F)cc2C#N)c(C)c1Cl. The highest BCUT2D eigenvalue weighted by molar-refractivity contribution is 6.31. The first kappa shape index (κ1) is 11.6. The van der Waals surface area contributed by atoms with Crippen LogP contribution in [0, 0.1) is 31.0 Å². The molecule has 86 valence electrons. The number of aromatic nitrogens is 2. The van der Waals surface area contributed by atoms with Gasteiger partial charge in [-0.2, -0.15) is 10.4 Å². The molecule has 1 aromatic heterocycles. The molecule has 1 aromatic carbocycles. The molecule has 0 aliphatic heterocycles. The van der Waals surface area contributed by atoms with Gasteiger partial charge in [0.2, 0.25) is 0 Å². The Hall–Kier alpha value is -1.86. The van der Waals surface area contributed by atoms with E-state index >= 15 is 0 Å². The summed E-state index contributed by atoms with van der Waals surface area (Å²) in [7, 11) is 0. The maximum atomic E-state index is 13.0. The standard InChI is InChI=1S/C12H9ClFN3/c1-7-12(13)8(2)17(16-7)11-4-3-10(14)5-9(11)6-15/h3-5H,1-2H3. The van der Waals surface area contributed by atoms with Crippen LogP contribution in [0.25, 0.3) is 5.69 Å². The van der Waals surface area contributed by atoms with Crippen LogP contribution in [-0.2, 0) is 0 Å². The molecule has 2 aromatic rings. The molecular weight excluding hydrogens is 241 g/mol. The maximum Gasteiger partial charge on any atom is 0.124 e. The van der Waals surface area contributed by atoms with Gasteiger partial charge < -0.3 is 0 Å². The van der Waals surface area contributed by atoms with Crippen molar-refractivity contribution in [2.24, 2.45) is 0 Å². The van der Waals surface area contributed by atoms with Gasteiger partial charge in [-0.1, -0.05) is 11.6 Å². The molecular formula is C12H9ClFN3. The van der Waals surface area contributed by atoms with Crippen molar-refractivity contribution in [3.8, 4) is 11.8 Å². The van der Waals surface area contributed by atoms with Gasteiger partial charge in [0, 0.05) is 0 Å². The predicted octanol–water partition coefficient (Wildman–Crippen LogP) is 3.15. The van der Waals surface area contributed by atoms with Crippen LogP contribution in [0.3, 0.4) is 0 Å². The van der Waals surface area contributed by atoms with Crippen molar-refractivity contribution in [1.82, 2.24) is 9.78 Å². The third-order valence-corrected chi connectivity index (χ3v) is 3.06. The molecule has 0 bridgehead atoms. The molecule has 0 atom stereocenters. The number of nitrogens with zero attached hydrogens (tertiary/aromatic N) is 3. The molecule has 0 unspecified atom stereocenters. The summed E-state index contributed by atoms with van der Waals surface area (Å²) in [4.78, 5) is 0. The van der Waals surface area contributed by atoms with E-state index in [2.05, 4.69) is 5.10 Å². The van der Waals surface area contributed by atoms with Crippen LogP contribution < -0.4 is 0 Å². The molecule has 17 heavy (non-hydrogen) atoms. The van der Waals surface area contributed by atoms with Gasteiger partial charge in [-0.25, -0.2) is 9.07 Å². The van der Waals surface area contributed by atoms with Crippen molar-refractivity contribution in [3.05, 3.63) is 46.0 Å². The lowest BCUT2D eigenvalue weighted by atomic mass is 10.2. The molecule has 0 saturated heterocycles. The van der Waals surface area contributed by atoms with Gasteiger partial charge in [0.25, 0.3) is 0 Å². The van der Waals surface area contributed by atoms with E-state index in [0.29, 0.717) is 16.4 Å². The smallest absolute Gasteiger partial charge is 0.124 e. The number of halogens is 2. The fraction of sp³-hybridized carbons (Fsp3) is 0.167. The van der Waals surface area contributed by atoms with Crippen molar-refractivity contribution in [2.45, 2.75) is 13.8 Å². The van der Waals surface area contributed by atoms with Crippen LogP contribution >= 0.6 is 11.6 Å². The zero-order valence-electron chi connectivity index (χ0n) is 9.33. The molecule has 0 aliphatic carbocycles. The lowest BCUT2D eigenvalue weighted by molar-refractivity contribution is 0.626. The van der Waals surface area contributed by atoms with E-state index in [9.17, 15) is 4.39 Å². The average molecular weight is 250 g/mol. The third-order valence-electron chi connectivity index (χ3n) is 2.51. The van der Waals surface area contributed by atoms with Crippen molar-refractivity contribution in [1.29, 1.82) is 5.26 Å². The largest absolute Gasteiger partial charge is 0.235 e. The summed E-state index contributed by atoms with van der Waals surface area (Å²) in [6.07, 6.45) is 0. The van der Waals surface area contributed by atoms with Crippen LogP contribution in [0.4, 0.5) is 4.39 Å². The number of hydrogen-bond donors (Lipinski definition) is 0. The summed E-state index contributed by atoms with van der Waals surface area (Å²) in [5.41, 5.74) is 2.17. The zero-order chi connectivity index (χ0) is 12.6. The van der Waals surface area contributed by atoms with Crippen LogP contribution in [-0.4, -0.2) is 9.78 Å². The maximum absolute atomic E-state index is 13.0. The highest BCUT2D eigenvalue weighted by Crippen LogP contribution is 2.24. The molecule has 0 fully saturated rings. The van der Waals surface area contributed by atoms with Gasteiger partial charge in [0.15, 0.2) is 0 Å². The summed E-state index contributed by atoms with van der Waals surface area (Å²) in [5, 5.41) is 13.8. The van der Waals surface area contributed by atoms with Crippen LogP contribution in [0.5, 0.6) is 0 Å². The van der Waals surface area contributed by atoms with E-state index < -0.39 is 5.82 Å². The van der Waals surface area contributed by atoms with Gasteiger partial charge >= 0.3 is 0 Å². The average Bonchev–Trinajstić information content (AvgIpc) is 2.57. The molecule has 3 nitrogen and oxygen atoms in total. The number of benzene rings is 1. The Labute approximate surface area is 103 Å². The van der Waals surface area contributed by atoms with Gasteiger partial charge in [-0.05, 0) is 32.0 Å². The molecule has 0 spiro atoms. The third kappa shape index (κ3) is 1.90. The Morgan fingerprint density at radius 1 is 1.41 bits per heavy atom. The first-order chi connectivity index (χ1) is 8.04. The molecule has 0 saturated carbocycles. The molecule has 0 amide bonds. The molecule has 0 aliphatic rings. The van der Waals surface area contributed by atoms with E-state index in [4.69, 9.17) is 16.9 Å². The summed E-state index contributed by atoms with van der Waals surface area (Å²) in [6.45, 7) is 3.58. The second kappa shape index (κ2) is 4.19. The minimum Gasteiger partial charge on any atom is -0.235 e. The van der Waals surface area contributed by atoms with Gasteiger partial charge in [0.05, 0.1) is 27.7 Å². The van der Waals surface area contributed by atoms with Crippen molar-refractivity contribution < 1.29 is 4.39 Å². The zero-order valence-corrected chi connectivity index (χ0v) is 10.1.